The topological polar surface area (TPSA) is 95.9 Å². The number of nitrogens with one attached hydrogen (secondary N) is 1. The van der Waals surface area contributed by atoms with Crippen molar-refractivity contribution in [1.82, 2.24) is 5.32 Å². The molecule has 0 saturated carbocycles. The molecule has 0 aliphatic rings. The van der Waals surface area contributed by atoms with Crippen LogP contribution in [0.2, 0.25) is 0 Å². The van der Waals surface area contributed by atoms with Gasteiger partial charge in [-0.2, -0.15) is 0 Å². The molecule has 1 atom stereocenters. The molecule has 1 rings (SSSR count). The Morgan fingerprint density at radius 3 is 2.70 bits per heavy atom. The van der Waals surface area contributed by atoms with Gasteiger partial charge < -0.3 is 20.3 Å². The molecule has 3 N–H and O–H groups in total. The highest BCUT2D eigenvalue weighted by Crippen LogP contribution is 2.22. The maximum Gasteiger partial charge on any atom is 0.306 e. The Balaban J connectivity index is 2.49. The fourth-order valence-corrected chi connectivity index (χ4v) is 1.65. The van der Waals surface area contributed by atoms with Gasteiger partial charge in [-0.3, -0.25) is 9.59 Å². The summed E-state index contributed by atoms with van der Waals surface area (Å²) in [7, 11) is 1.47. The minimum absolute atomic E-state index is 0.123. The second-order valence-corrected chi connectivity index (χ2v) is 4.52. The van der Waals surface area contributed by atoms with E-state index in [-0.39, 0.29) is 11.3 Å². The van der Waals surface area contributed by atoms with Crippen molar-refractivity contribution in [2.45, 2.75) is 19.8 Å². The summed E-state index contributed by atoms with van der Waals surface area (Å²) in [6, 6.07) is 4.39. The van der Waals surface area contributed by atoms with Crippen molar-refractivity contribution < 1.29 is 24.5 Å². The van der Waals surface area contributed by atoms with E-state index in [0.717, 1.165) is 0 Å². The lowest BCUT2D eigenvalue weighted by atomic mass is 10.1. The molecule has 110 valence electrons. The average molecular weight is 281 g/mol. The summed E-state index contributed by atoms with van der Waals surface area (Å²) >= 11 is 0. The molecule has 1 aromatic carbocycles. The van der Waals surface area contributed by atoms with E-state index >= 15 is 0 Å². The van der Waals surface area contributed by atoms with E-state index in [1.165, 1.54) is 19.2 Å². The number of aromatic hydroxyl groups is 1. The number of phenols is 1. The van der Waals surface area contributed by atoms with Gasteiger partial charge in [-0.1, -0.05) is 6.92 Å². The third-order valence-corrected chi connectivity index (χ3v) is 2.97. The van der Waals surface area contributed by atoms with Gasteiger partial charge >= 0.3 is 5.97 Å². The molecule has 0 aromatic heterocycles. The molecular weight excluding hydrogens is 262 g/mol. The molecule has 0 bridgehead atoms. The van der Waals surface area contributed by atoms with Crippen LogP contribution >= 0.6 is 0 Å². The van der Waals surface area contributed by atoms with Crippen LogP contribution in [0.5, 0.6) is 11.5 Å². The van der Waals surface area contributed by atoms with Crippen LogP contribution in [-0.4, -0.2) is 35.7 Å². The Hall–Kier alpha value is -2.24. The lowest BCUT2D eigenvalue weighted by Gasteiger charge is -2.09. The fourth-order valence-electron chi connectivity index (χ4n) is 1.65. The molecule has 0 aliphatic carbocycles. The number of aliphatic carboxylic acids is 1. The van der Waals surface area contributed by atoms with Crippen molar-refractivity contribution in [2.75, 3.05) is 13.7 Å². The van der Waals surface area contributed by atoms with E-state index in [2.05, 4.69) is 5.32 Å². The predicted octanol–water partition coefficient (Wildman–Crippen LogP) is 1.63. The second kappa shape index (κ2) is 7.37. The summed E-state index contributed by atoms with van der Waals surface area (Å²) in [4.78, 5) is 22.5. The number of ether oxygens (including phenoxy) is 1. The summed E-state index contributed by atoms with van der Waals surface area (Å²) in [6.07, 6.45) is 1.05. The zero-order chi connectivity index (χ0) is 15.1. The Morgan fingerprint density at radius 2 is 2.10 bits per heavy atom. The third kappa shape index (κ3) is 4.46. The molecule has 1 unspecified atom stereocenters. The summed E-state index contributed by atoms with van der Waals surface area (Å²) in [5.74, 6) is -1.34. The van der Waals surface area contributed by atoms with Crippen LogP contribution in [0.25, 0.3) is 0 Å². The summed E-state index contributed by atoms with van der Waals surface area (Å²) in [5.41, 5.74) is 0.135. The lowest BCUT2D eigenvalue weighted by molar-refractivity contribution is -0.141. The highest BCUT2D eigenvalue weighted by Gasteiger charge is 2.13. The van der Waals surface area contributed by atoms with E-state index in [1.54, 1.807) is 13.0 Å². The number of carbonyl (C=O) groups is 2. The number of phenolic OH excluding ortho intramolecular Hbond substituents is 1. The Labute approximate surface area is 117 Å². The number of carbonyl (C=O) groups excluding carboxylic acids is 1. The predicted molar refractivity (Wildman–Crippen MR) is 73.0 cm³/mol. The monoisotopic (exact) mass is 281 g/mol. The van der Waals surface area contributed by atoms with Gasteiger partial charge in [0.05, 0.1) is 18.6 Å². The molecule has 0 fully saturated rings. The zero-order valence-corrected chi connectivity index (χ0v) is 11.5. The van der Waals surface area contributed by atoms with Crippen molar-refractivity contribution >= 4 is 11.9 Å². The van der Waals surface area contributed by atoms with Crippen molar-refractivity contribution in [3.63, 3.8) is 0 Å². The van der Waals surface area contributed by atoms with Crippen molar-refractivity contribution in [3.8, 4) is 11.5 Å². The largest absolute Gasteiger partial charge is 0.507 e. The highest BCUT2D eigenvalue weighted by atomic mass is 16.5. The molecule has 0 radical (unpaired) electrons. The molecule has 0 aliphatic heterocycles. The number of hydrogen-bond donors (Lipinski definition) is 3. The van der Waals surface area contributed by atoms with Crippen LogP contribution in [0.4, 0.5) is 0 Å². The quantitative estimate of drug-likeness (QED) is 0.660. The SMILES string of the molecule is COc1ccc(O)c(C(=O)NCCCC(C)C(=O)O)c1. The third-order valence-electron chi connectivity index (χ3n) is 2.97. The second-order valence-electron chi connectivity index (χ2n) is 4.52. The maximum absolute atomic E-state index is 11.9. The van der Waals surface area contributed by atoms with Gasteiger partial charge in [0.2, 0.25) is 0 Å². The van der Waals surface area contributed by atoms with E-state index in [0.29, 0.717) is 25.1 Å². The molecule has 20 heavy (non-hydrogen) atoms. The summed E-state index contributed by atoms with van der Waals surface area (Å²) < 4.78 is 4.99. The van der Waals surface area contributed by atoms with E-state index in [9.17, 15) is 14.7 Å². The van der Waals surface area contributed by atoms with Crippen LogP contribution in [0.15, 0.2) is 18.2 Å². The smallest absolute Gasteiger partial charge is 0.306 e. The zero-order valence-electron chi connectivity index (χ0n) is 11.5. The molecule has 6 nitrogen and oxygen atoms in total. The van der Waals surface area contributed by atoms with Gasteiger partial charge in [-0.05, 0) is 31.0 Å². The number of carboxylic acid groups (broad SMARTS) is 1. The molecule has 0 heterocycles. The van der Waals surface area contributed by atoms with E-state index in [4.69, 9.17) is 9.84 Å². The van der Waals surface area contributed by atoms with Gasteiger partial charge in [0, 0.05) is 6.54 Å². The van der Waals surface area contributed by atoms with Gasteiger partial charge in [0.1, 0.15) is 11.5 Å². The first kappa shape index (κ1) is 15.8. The minimum atomic E-state index is -0.846. The van der Waals surface area contributed by atoms with Gasteiger partial charge in [0.25, 0.3) is 5.91 Å². The number of methoxy groups -OCH3 is 1. The van der Waals surface area contributed by atoms with Gasteiger partial charge in [-0.15, -0.1) is 0 Å². The first-order valence-corrected chi connectivity index (χ1v) is 6.33. The van der Waals surface area contributed by atoms with Crippen LogP contribution < -0.4 is 10.1 Å². The lowest BCUT2D eigenvalue weighted by Crippen LogP contribution is -2.25. The summed E-state index contributed by atoms with van der Waals surface area (Å²) in [6.45, 7) is 1.98. The van der Waals surface area contributed by atoms with Crippen LogP contribution in [0, 0.1) is 5.92 Å². The number of rotatable bonds is 7. The first-order valence-electron chi connectivity index (χ1n) is 6.33. The van der Waals surface area contributed by atoms with E-state index in [1.807, 2.05) is 0 Å². The summed E-state index contributed by atoms with van der Waals surface area (Å²) in [5, 5.41) is 21.0. The normalized spacial score (nSPS) is 11.7. The highest BCUT2D eigenvalue weighted by molar-refractivity contribution is 5.97. The van der Waals surface area contributed by atoms with Crippen LogP contribution in [-0.2, 0) is 4.79 Å². The van der Waals surface area contributed by atoms with Gasteiger partial charge in [0.15, 0.2) is 0 Å². The fraction of sp³-hybridized carbons (Fsp3) is 0.429. The Morgan fingerprint density at radius 1 is 1.40 bits per heavy atom. The molecule has 1 amide bonds. The standard InChI is InChI=1S/C14H19NO5/c1-9(14(18)19)4-3-7-15-13(17)11-8-10(20-2)5-6-12(11)16/h5-6,8-9,16H,3-4,7H2,1-2H3,(H,15,17)(H,18,19). The maximum atomic E-state index is 11.9. The van der Waals surface area contributed by atoms with Gasteiger partial charge in [-0.25, -0.2) is 0 Å². The van der Waals surface area contributed by atoms with Crippen molar-refractivity contribution in [2.24, 2.45) is 5.92 Å². The van der Waals surface area contributed by atoms with E-state index < -0.39 is 17.8 Å². The van der Waals surface area contributed by atoms with Crippen LogP contribution in [0.3, 0.4) is 0 Å². The van der Waals surface area contributed by atoms with Crippen LogP contribution in [0.1, 0.15) is 30.1 Å². The van der Waals surface area contributed by atoms with Crippen molar-refractivity contribution in [1.29, 1.82) is 0 Å². The number of benzene rings is 1. The molecule has 0 spiro atoms. The number of carboxylic acids is 1. The molecule has 0 saturated heterocycles. The first-order chi connectivity index (χ1) is 9.45. The molecular formula is C14H19NO5. The van der Waals surface area contributed by atoms with Crippen molar-refractivity contribution in [3.05, 3.63) is 23.8 Å². The Bertz CT molecular complexity index is 486. The average Bonchev–Trinajstić information content (AvgIpc) is 2.43. The number of amides is 1. The minimum Gasteiger partial charge on any atom is -0.507 e. The molecule has 6 heteroatoms. The number of hydrogen-bond acceptors (Lipinski definition) is 4. The Kier molecular flexibility index (Phi) is 5.83. The molecule has 1 aromatic rings.